The number of rotatable bonds is 7. The van der Waals surface area contributed by atoms with Gasteiger partial charge in [0, 0.05) is 31.9 Å². The molecule has 0 unspecified atom stereocenters. The Morgan fingerprint density at radius 1 is 1.17 bits per heavy atom. The first kappa shape index (κ1) is 22.7. The van der Waals surface area contributed by atoms with Crippen LogP contribution < -0.4 is 10.2 Å². The number of carbonyl (C=O) groups is 1. The van der Waals surface area contributed by atoms with Crippen molar-refractivity contribution < 1.29 is 13.2 Å². The standard InChI is InChI=1S/C19H23Cl2N5O3S/c1-3-26(4-2)30(28,29)16-11-13(7-8-14(16)20)23-18(27)17-15(21)12-22-19(24-17)25-9-5-6-10-25/h7-8,11-12H,3-6,9-10H2,1-2H3,(H,23,27). The third-order valence-corrected chi connectivity index (χ3v) is 7.66. The normalized spacial score (nSPS) is 14.4. The minimum atomic E-state index is -3.79. The van der Waals surface area contributed by atoms with Crippen LogP contribution >= 0.6 is 23.2 Å². The van der Waals surface area contributed by atoms with Crippen LogP contribution in [0.25, 0.3) is 0 Å². The summed E-state index contributed by atoms with van der Waals surface area (Å²) in [7, 11) is -3.79. The van der Waals surface area contributed by atoms with E-state index >= 15 is 0 Å². The second kappa shape index (κ2) is 9.47. The van der Waals surface area contributed by atoms with Gasteiger partial charge in [0.25, 0.3) is 5.91 Å². The average Bonchev–Trinajstić information content (AvgIpc) is 3.25. The van der Waals surface area contributed by atoms with Gasteiger partial charge in [-0.25, -0.2) is 18.4 Å². The van der Waals surface area contributed by atoms with Crippen LogP contribution in [0, 0.1) is 0 Å². The van der Waals surface area contributed by atoms with E-state index in [9.17, 15) is 13.2 Å². The maximum atomic E-state index is 12.9. The molecule has 1 amide bonds. The number of hydrogen-bond acceptors (Lipinski definition) is 6. The molecule has 8 nitrogen and oxygen atoms in total. The van der Waals surface area contributed by atoms with E-state index in [0.717, 1.165) is 25.9 Å². The number of hydrogen-bond donors (Lipinski definition) is 1. The van der Waals surface area contributed by atoms with Crippen LogP contribution in [0.3, 0.4) is 0 Å². The molecule has 1 N–H and O–H groups in total. The number of nitrogens with one attached hydrogen (secondary N) is 1. The summed E-state index contributed by atoms with van der Waals surface area (Å²) in [5.41, 5.74) is 0.296. The van der Waals surface area contributed by atoms with Gasteiger partial charge >= 0.3 is 0 Å². The van der Waals surface area contributed by atoms with Gasteiger partial charge in [-0.3, -0.25) is 4.79 Å². The zero-order chi connectivity index (χ0) is 21.9. The molecule has 11 heteroatoms. The first-order chi connectivity index (χ1) is 14.3. The largest absolute Gasteiger partial charge is 0.341 e. The van der Waals surface area contributed by atoms with Gasteiger partial charge in [-0.2, -0.15) is 4.31 Å². The summed E-state index contributed by atoms with van der Waals surface area (Å²) in [6.45, 7) is 5.76. The molecular formula is C19H23Cl2N5O3S. The lowest BCUT2D eigenvalue weighted by Crippen LogP contribution is -2.31. The molecule has 162 valence electrons. The number of sulfonamides is 1. The Labute approximate surface area is 186 Å². The molecule has 0 aliphatic carbocycles. The Bertz CT molecular complexity index is 1040. The number of amides is 1. The highest BCUT2D eigenvalue weighted by Gasteiger charge is 2.25. The summed E-state index contributed by atoms with van der Waals surface area (Å²) in [6, 6.07) is 4.30. The molecule has 1 fully saturated rings. The molecule has 30 heavy (non-hydrogen) atoms. The molecule has 0 bridgehead atoms. The molecule has 1 saturated heterocycles. The van der Waals surface area contributed by atoms with E-state index in [1.165, 1.54) is 28.7 Å². The Balaban J connectivity index is 1.88. The van der Waals surface area contributed by atoms with Crippen molar-refractivity contribution in [3.05, 3.63) is 40.1 Å². The van der Waals surface area contributed by atoms with E-state index in [4.69, 9.17) is 23.2 Å². The smallest absolute Gasteiger partial charge is 0.276 e. The fourth-order valence-corrected chi connectivity index (χ4v) is 5.39. The molecule has 0 radical (unpaired) electrons. The SMILES string of the molecule is CCN(CC)S(=O)(=O)c1cc(NC(=O)c2nc(N3CCCC3)ncc2Cl)ccc1Cl. The maximum Gasteiger partial charge on any atom is 0.276 e. The van der Waals surface area contributed by atoms with Crippen LogP contribution in [-0.4, -0.2) is 54.8 Å². The lowest BCUT2D eigenvalue weighted by molar-refractivity contribution is 0.102. The van der Waals surface area contributed by atoms with Gasteiger partial charge in [0.05, 0.1) is 16.2 Å². The van der Waals surface area contributed by atoms with E-state index in [-0.39, 0.29) is 26.3 Å². The van der Waals surface area contributed by atoms with Crippen molar-refractivity contribution in [3.63, 3.8) is 0 Å². The van der Waals surface area contributed by atoms with E-state index in [1.807, 2.05) is 4.90 Å². The Morgan fingerprint density at radius 3 is 2.47 bits per heavy atom. The fraction of sp³-hybridized carbons (Fsp3) is 0.421. The lowest BCUT2D eigenvalue weighted by Gasteiger charge is -2.20. The van der Waals surface area contributed by atoms with Gasteiger partial charge in [-0.15, -0.1) is 0 Å². The third kappa shape index (κ3) is 4.69. The topological polar surface area (TPSA) is 95.5 Å². The van der Waals surface area contributed by atoms with Gasteiger partial charge in [-0.1, -0.05) is 37.0 Å². The summed E-state index contributed by atoms with van der Waals surface area (Å²) in [5.74, 6) is -0.112. The minimum absolute atomic E-state index is 0.0247. The van der Waals surface area contributed by atoms with Crippen LogP contribution in [-0.2, 0) is 10.0 Å². The van der Waals surface area contributed by atoms with Crippen molar-refractivity contribution >= 4 is 50.8 Å². The second-order valence-corrected chi connectivity index (χ2v) is 9.47. The Hall–Kier alpha value is -1.94. The van der Waals surface area contributed by atoms with Crippen molar-refractivity contribution in [2.75, 3.05) is 36.4 Å². The Kier molecular flexibility index (Phi) is 7.18. The number of halogens is 2. The molecule has 3 rings (SSSR count). The molecule has 1 aliphatic heterocycles. The van der Waals surface area contributed by atoms with E-state index in [0.29, 0.717) is 19.0 Å². The highest BCUT2D eigenvalue weighted by molar-refractivity contribution is 7.89. The van der Waals surface area contributed by atoms with Gasteiger partial charge < -0.3 is 10.2 Å². The maximum absolute atomic E-state index is 12.9. The molecule has 2 heterocycles. The van der Waals surface area contributed by atoms with Crippen molar-refractivity contribution in [2.24, 2.45) is 0 Å². The van der Waals surface area contributed by atoms with Crippen LogP contribution in [0.15, 0.2) is 29.3 Å². The minimum Gasteiger partial charge on any atom is -0.341 e. The van der Waals surface area contributed by atoms with Gasteiger partial charge in [-0.05, 0) is 31.0 Å². The van der Waals surface area contributed by atoms with Gasteiger partial charge in [0.1, 0.15) is 4.90 Å². The molecule has 1 aromatic carbocycles. The fourth-order valence-electron chi connectivity index (χ4n) is 3.26. The molecule has 1 aromatic heterocycles. The highest BCUT2D eigenvalue weighted by Crippen LogP contribution is 2.28. The molecule has 0 atom stereocenters. The lowest BCUT2D eigenvalue weighted by atomic mass is 10.3. The van der Waals surface area contributed by atoms with Crippen LogP contribution in [0.5, 0.6) is 0 Å². The number of carbonyl (C=O) groups excluding carboxylic acids is 1. The first-order valence-electron chi connectivity index (χ1n) is 9.66. The summed E-state index contributed by atoms with van der Waals surface area (Å²) < 4.78 is 27.0. The summed E-state index contributed by atoms with van der Waals surface area (Å²) in [4.78, 5) is 23.2. The molecular weight excluding hydrogens is 449 g/mol. The Morgan fingerprint density at radius 2 is 1.83 bits per heavy atom. The summed E-state index contributed by atoms with van der Waals surface area (Å²) in [5, 5.41) is 2.85. The van der Waals surface area contributed by atoms with Crippen LogP contribution in [0.4, 0.5) is 11.6 Å². The zero-order valence-electron chi connectivity index (χ0n) is 16.7. The number of aromatic nitrogens is 2. The van der Waals surface area contributed by atoms with Crippen molar-refractivity contribution in [3.8, 4) is 0 Å². The quantitative estimate of drug-likeness (QED) is 0.661. The van der Waals surface area contributed by atoms with Crippen molar-refractivity contribution in [2.45, 2.75) is 31.6 Å². The predicted octanol–water partition coefficient (Wildman–Crippen LogP) is 3.67. The number of benzene rings is 1. The summed E-state index contributed by atoms with van der Waals surface area (Å²) in [6.07, 6.45) is 3.49. The molecule has 1 aliphatic rings. The van der Waals surface area contributed by atoms with Crippen molar-refractivity contribution in [1.29, 1.82) is 0 Å². The second-order valence-electron chi connectivity index (χ2n) is 6.75. The third-order valence-electron chi connectivity index (χ3n) is 4.85. The van der Waals surface area contributed by atoms with Gasteiger partial charge in [0.2, 0.25) is 16.0 Å². The van der Waals surface area contributed by atoms with Crippen molar-refractivity contribution in [1.82, 2.24) is 14.3 Å². The molecule has 0 spiro atoms. The highest BCUT2D eigenvalue weighted by atomic mass is 35.5. The number of anilines is 2. The molecule has 2 aromatic rings. The zero-order valence-corrected chi connectivity index (χ0v) is 19.1. The molecule has 0 saturated carbocycles. The number of nitrogens with zero attached hydrogens (tertiary/aromatic N) is 4. The first-order valence-corrected chi connectivity index (χ1v) is 11.9. The van der Waals surface area contributed by atoms with Crippen LogP contribution in [0.1, 0.15) is 37.2 Å². The van der Waals surface area contributed by atoms with Crippen LogP contribution in [0.2, 0.25) is 10.0 Å². The predicted molar refractivity (Wildman–Crippen MR) is 118 cm³/mol. The van der Waals surface area contributed by atoms with Gasteiger partial charge in [0.15, 0.2) is 5.69 Å². The van der Waals surface area contributed by atoms with E-state index in [1.54, 1.807) is 13.8 Å². The van der Waals surface area contributed by atoms with E-state index < -0.39 is 15.9 Å². The van der Waals surface area contributed by atoms with E-state index in [2.05, 4.69) is 15.3 Å². The monoisotopic (exact) mass is 471 g/mol. The summed E-state index contributed by atoms with van der Waals surface area (Å²) >= 11 is 12.3. The average molecular weight is 472 g/mol.